The van der Waals surface area contributed by atoms with Gasteiger partial charge in [0.15, 0.2) is 0 Å². The second-order valence-corrected chi connectivity index (χ2v) is 26.6. The fraction of sp³-hybridized carbons (Fsp3) is 0.562. The summed E-state index contributed by atoms with van der Waals surface area (Å²) >= 11 is 0. The molecule has 78 heteroatoms. The monoisotopic (exact) mass is 1100 g/mol. The van der Waals surface area contributed by atoms with Crippen molar-refractivity contribution in [1.29, 1.82) is 0 Å². The van der Waals surface area contributed by atoms with Crippen molar-refractivity contribution in [2.24, 2.45) is 0 Å². The van der Waals surface area contributed by atoms with Crippen molar-refractivity contribution < 1.29 is 14.3 Å². The van der Waals surface area contributed by atoms with Gasteiger partial charge >= 0.3 is 6.09 Å². The summed E-state index contributed by atoms with van der Waals surface area (Å²) in [6.07, 6.45) is -54.7. The number of rotatable bonds is 40. The zero-order chi connectivity index (χ0) is 73.2. The maximum absolute atomic E-state index is 11.4. The summed E-state index contributed by atoms with van der Waals surface area (Å²) in [5, 5.41) is 6.02. The van der Waals surface area contributed by atoms with Gasteiger partial charge in [0.25, 0.3) is 0 Å². The van der Waals surface area contributed by atoms with E-state index in [1.807, 2.05) is 26.8 Å². The van der Waals surface area contributed by atoms with E-state index in [1.165, 1.54) is 11.1 Å². The van der Waals surface area contributed by atoms with Gasteiger partial charge in [0.2, 0.25) is 0 Å². The van der Waals surface area contributed by atoms with Crippen molar-refractivity contribution in [3.8, 4) is 5.75 Å². The van der Waals surface area contributed by atoms with Gasteiger partial charge in [0.05, 0.1) is 6.61 Å². The van der Waals surface area contributed by atoms with E-state index in [9.17, 15) is 4.79 Å². The van der Waals surface area contributed by atoms with Gasteiger partial charge in [0.1, 0.15) is 11.4 Å². The van der Waals surface area contributed by atoms with E-state index in [-0.39, 0.29) is 6.09 Å². The molecule has 1 amide bonds. The van der Waals surface area contributed by atoms with E-state index in [1.54, 1.807) is 0 Å². The lowest BCUT2D eigenvalue weighted by atomic mass is 8.21. The van der Waals surface area contributed by atoms with Crippen LogP contribution >= 0.6 is 0 Å². The number of ether oxygens (including phenoxy) is 2. The first kappa shape index (κ1) is 95.0. The van der Waals surface area contributed by atoms with Crippen LogP contribution in [0, 0.1) is 0 Å². The molecule has 2 rings (SSSR count). The van der Waals surface area contributed by atoms with Crippen molar-refractivity contribution in [2.75, 3.05) is 13.2 Å². The average Bonchev–Trinajstić information content (AvgIpc) is 0.773. The Hall–Kier alpha value is 2.99. The Morgan fingerprint density at radius 3 is 0.862 bits per heavy atom. The molecular weight excluding hydrogens is 1060 g/mol. The van der Waals surface area contributed by atoms with Crippen LogP contribution in [0.1, 0.15) is 38.3 Å². The van der Waals surface area contributed by atoms with E-state index in [0.29, 0.717) is 13.2 Å². The van der Waals surface area contributed by atoms with Crippen molar-refractivity contribution in [2.45, 2.75) is 45.9 Å². The Morgan fingerprint density at radius 1 is 0.383 bits per heavy atom. The fourth-order valence-electron chi connectivity index (χ4n) is 15.0. The van der Waals surface area contributed by atoms with Gasteiger partial charge in [0, 0.05) is 536 Å². The number of alkyl carbamates (subject to hydrolysis) is 1. The number of amides is 1. The minimum Gasteiger partial charge on any atom is -0.494 e. The summed E-state index contributed by atoms with van der Waals surface area (Å²) in [6.45, 7) is 8.50. The van der Waals surface area contributed by atoms with Gasteiger partial charge in [-0.3, -0.25) is 0 Å². The molecule has 2 N–H and O–H groups in total. The molecule has 1 aliphatic rings. The molecule has 1 heterocycles. The van der Waals surface area contributed by atoms with E-state index in [4.69, 9.17) is 296 Å². The van der Waals surface area contributed by atoms with Crippen molar-refractivity contribution in [3.63, 3.8) is 0 Å². The average molecular weight is 1080 g/mol. The molecular formula is C16H24B73N2O3. The molecule has 1 aromatic rings. The topological polar surface area (TPSA) is 59.6 Å². The van der Waals surface area contributed by atoms with E-state index >= 15 is 0 Å². The minimum absolute atomic E-state index is 0.383. The van der Waals surface area contributed by atoms with Gasteiger partial charge in [-0.15, -0.1) is 0 Å². The molecule has 0 saturated heterocycles. The zero-order valence-corrected chi connectivity index (χ0v) is 55.1. The van der Waals surface area contributed by atoms with Gasteiger partial charge < -0.3 is 20.1 Å². The van der Waals surface area contributed by atoms with Gasteiger partial charge in [-0.2, -0.15) is 0 Å². The third-order valence-electron chi connectivity index (χ3n) is 18.4. The Morgan fingerprint density at radius 2 is 0.628 bits per heavy atom. The SMILES string of the molecule is CC(C)(C)OC(=O)NCCCOc1ccc2c(c1)CNC2.[B][B]B(B([B])[B])B(B([B])[B])B(B(B(B([B])[B])B([B])[B])B(B([B])[B])B([B])[B])B(B(B(B([B])[B])B([B])[B])B(B([B])[B])B([B])[B])B(B(B(B([B])[B])B([B])[B])B(B([B])[B])B([B])[B])B(B(B([B])[B])B([B])[B])B(B([B])[B])B([B])[B]. The maximum atomic E-state index is 11.4. The molecule has 75 radical (unpaired) electrons. The molecule has 0 atom stereocenters. The summed E-state index contributed by atoms with van der Waals surface area (Å²) in [6, 6.07) is 6.17. The highest BCUT2D eigenvalue weighted by Gasteiger charge is 2.65. The first-order valence-corrected chi connectivity index (χ1v) is 31.4. The molecule has 94 heavy (non-hydrogen) atoms. The van der Waals surface area contributed by atoms with E-state index in [2.05, 4.69) is 22.8 Å². The molecule has 1 aromatic carbocycles. The number of carbonyl (C=O) groups excluding carboxylic acids is 1. The summed E-state index contributed by atoms with van der Waals surface area (Å²) in [5.74, 6) is 0.884. The normalized spacial score (nSPS) is 10.6. The highest BCUT2D eigenvalue weighted by atomic mass is 16.6. The molecule has 0 fully saturated rings. The number of hydrogen-bond donors (Lipinski definition) is 2. The van der Waals surface area contributed by atoms with Crippen LogP contribution in [0.15, 0.2) is 18.2 Å². The smallest absolute Gasteiger partial charge is 0.407 e. The highest BCUT2D eigenvalue weighted by molar-refractivity contribution is 8.40. The molecule has 0 saturated carbocycles. The number of benzene rings is 1. The minimum atomic E-state index is -1.76. The lowest BCUT2D eigenvalue weighted by Gasteiger charge is -2.60. The van der Waals surface area contributed by atoms with Crippen molar-refractivity contribution in [3.05, 3.63) is 29.3 Å². The Kier molecular flexibility index (Phi) is 45.3. The number of carbonyl (C=O) groups is 1. The van der Waals surface area contributed by atoms with Gasteiger partial charge in [-0.1, -0.05) is 6.07 Å². The van der Waals surface area contributed by atoms with Crippen LogP contribution in [0.3, 0.4) is 0 Å². The highest BCUT2D eigenvalue weighted by Crippen LogP contribution is 2.27. The van der Waals surface area contributed by atoms with Crippen LogP contribution in [-0.2, 0) is 17.8 Å². The molecule has 0 bridgehead atoms. The lowest BCUT2D eigenvalue weighted by molar-refractivity contribution is 0.0525. The molecule has 0 aromatic heterocycles. The predicted octanol–water partition coefficient (Wildman–Crippen LogP) is -25.2. The Balaban J connectivity index is 0.00000175. The van der Waals surface area contributed by atoms with Crippen molar-refractivity contribution >= 4 is 523 Å². The molecule has 1 aliphatic heterocycles. The first-order valence-electron chi connectivity index (χ1n) is 31.4. The first-order chi connectivity index (χ1) is 43.2. The second-order valence-electron chi connectivity index (χ2n) is 26.6. The third kappa shape index (κ3) is 28.0. The van der Waals surface area contributed by atoms with E-state index < -0.39 is 229 Å². The van der Waals surface area contributed by atoms with Crippen LogP contribution in [0.25, 0.3) is 0 Å². The summed E-state index contributed by atoms with van der Waals surface area (Å²) in [5.41, 5.74) is 2.19. The Labute approximate surface area is 636 Å². The molecule has 5 nitrogen and oxygen atoms in total. The van der Waals surface area contributed by atoms with Crippen LogP contribution in [0.4, 0.5) is 4.79 Å². The number of hydrogen-bond acceptors (Lipinski definition) is 4. The zero-order valence-electron chi connectivity index (χ0n) is 55.1. The lowest BCUT2D eigenvalue weighted by Crippen LogP contribution is -2.99. The Bertz CT molecular complexity index is 2040. The number of fused-ring (bicyclic) bond motifs is 1. The standard InChI is InChI=1S/C16H24N2O3.B73/c1-16(2,3)21-15(19)18-7-4-8-20-14-6-5-12-10-17-11-13(12)9-14;1-38-57(39(2)3)66(56(36)37)71(67(58(40(4)5)41(6)7)59(42(8)9)43(10)11)73(70(64(52(28)29)53(30)31)65(54(32)33)55(34)35)72(68(60(44(12)13)45(14)15)61(46(16)17)47(18)19)69(62(48(20)21)49(22)23)63(50(24)25)51(26)27/h5-6,9,17H,4,7-8,10-11H2,1-3H3,(H,18,19);. The summed E-state index contributed by atoms with van der Waals surface area (Å²) < 4.78 is 10.8. The molecule has 0 aliphatic carbocycles. The molecule has 335 valence electrons. The third-order valence-corrected chi connectivity index (χ3v) is 18.4. The largest absolute Gasteiger partial charge is 0.494 e. The van der Waals surface area contributed by atoms with Crippen LogP contribution in [-0.4, -0.2) is 542 Å². The quantitative estimate of drug-likeness (QED) is 0.0508. The van der Waals surface area contributed by atoms with E-state index in [0.717, 1.165) is 32.3 Å². The van der Waals surface area contributed by atoms with Crippen LogP contribution in [0.5, 0.6) is 5.75 Å². The maximum Gasteiger partial charge on any atom is 0.407 e. The van der Waals surface area contributed by atoms with Crippen molar-refractivity contribution in [1.82, 2.24) is 10.6 Å². The second kappa shape index (κ2) is 44.8. The fourth-order valence-corrected chi connectivity index (χ4v) is 15.0. The summed E-state index contributed by atoms with van der Waals surface area (Å²) in [7, 11) is 252. The number of nitrogens with one attached hydrogen (secondary N) is 2. The predicted molar refractivity (Wildman–Crippen MR) is 501 cm³/mol. The van der Waals surface area contributed by atoms with Crippen LogP contribution < -0.4 is 15.4 Å². The van der Waals surface area contributed by atoms with Crippen LogP contribution in [0.2, 0.25) is 0 Å². The molecule has 0 unspecified atom stereocenters. The molecule has 0 spiro atoms. The van der Waals surface area contributed by atoms with Gasteiger partial charge in [-0.25, -0.2) is 4.79 Å². The summed E-state index contributed by atoms with van der Waals surface area (Å²) in [4.78, 5) is 11.4. The van der Waals surface area contributed by atoms with Gasteiger partial charge in [-0.05, 0) is 50.5 Å².